The molecule has 0 spiro atoms. The number of nitrogens with one attached hydrogen (secondary N) is 3. The minimum absolute atomic E-state index is 0.00678. The lowest BCUT2D eigenvalue weighted by Gasteiger charge is -2.36. The molecule has 3 N–H and O–H groups in total. The smallest absolute Gasteiger partial charge is 0.258 e. The van der Waals surface area contributed by atoms with Crippen LogP contribution in [0.5, 0.6) is 5.75 Å². The van der Waals surface area contributed by atoms with Crippen LogP contribution in [0.1, 0.15) is 44.9 Å². The molecule has 1 saturated heterocycles. The van der Waals surface area contributed by atoms with Crippen LogP contribution in [-0.2, 0) is 14.4 Å². The minimum atomic E-state index is -0.585. The number of ether oxygens (including phenoxy) is 1. The molecule has 4 fully saturated rings. The van der Waals surface area contributed by atoms with Gasteiger partial charge in [0, 0.05) is 24.1 Å². The number of carbonyl (C=O) groups is 2. The van der Waals surface area contributed by atoms with Gasteiger partial charge in [-0.1, -0.05) is 24.4 Å². The molecule has 0 bridgehead atoms. The van der Waals surface area contributed by atoms with Crippen LogP contribution >= 0.6 is 11.6 Å². The lowest BCUT2D eigenvalue weighted by Crippen LogP contribution is -2.50. The van der Waals surface area contributed by atoms with Crippen molar-refractivity contribution in [3.63, 3.8) is 0 Å². The second-order valence-electron chi connectivity index (χ2n) is 9.49. The number of fused-ring (bicyclic) bond motifs is 2. The molecule has 9 heteroatoms. The monoisotopic (exact) mass is 465 g/mol. The van der Waals surface area contributed by atoms with Gasteiger partial charge in [0.2, 0.25) is 5.91 Å². The maximum absolute atomic E-state index is 13.5. The van der Waals surface area contributed by atoms with Crippen molar-refractivity contribution in [3.05, 3.63) is 29.0 Å². The van der Waals surface area contributed by atoms with Gasteiger partial charge in [-0.3, -0.25) is 14.4 Å². The molecule has 3 aliphatic carbocycles. The number of carbonyl (C=O) groups excluding carboxylic acids is 2. The van der Waals surface area contributed by atoms with E-state index in [1.165, 1.54) is 12.1 Å². The van der Waals surface area contributed by atoms with E-state index in [-0.39, 0.29) is 59.3 Å². The molecular weight excluding hydrogens is 437 g/mol. The predicted octanol–water partition coefficient (Wildman–Crippen LogP) is 2.72. The number of rotatable bonds is 6. The van der Waals surface area contributed by atoms with Gasteiger partial charge in [-0.2, -0.15) is 5.48 Å². The van der Waals surface area contributed by atoms with Crippen molar-refractivity contribution in [2.45, 2.75) is 69.2 Å². The quantitative estimate of drug-likeness (QED) is 0.601. The van der Waals surface area contributed by atoms with Crippen LogP contribution in [0.25, 0.3) is 0 Å². The summed E-state index contributed by atoms with van der Waals surface area (Å²) in [6.45, 7) is -0.196. The van der Waals surface area contributed by atoms with Gasteiger partial charge in [0.15, 0.2) is 6.61 Å². The number of amides is 2. The lowest BCUT2D eigenvalue weighted by molar-refractivity contribution is -0.126. The molecule has 32 heavy (non-hydrogen) atoms. The van der Waals surface area contributed by atoms with E-state index in [1.807, 2.05) is 0 Å². The third-order valence-corrected chi connectivity index (χ3v) is 7.98. The second-order valence-corrected chi connectivity index (χ2v) is 9.90. The summed E-state index contributed by atoms with van der Waals surface area (Å²) in [5.74, 6) is 0.430. The Hall–Kier alpha value is -1.90. The van der Waals surface area contributed by atoms with E-state index in [2.05, 4.69) is 16.1 Å². The van der Waals surface area contributed by atoms with Gasteiger partial charge in [0.25, 0.3) is 5.91 Å². The number of benzene rings is 1. The molecule has 174 valence electrons. The van der Waals surface area contributed by atoms with Crippen molar-refractivity contribution < 1.29 is 23.6 Å². The van der Waals surface area contributed by atoms with E-state index < -0.39 is 5.82 Å². The average molecular weight is 466 g/mol. The number of hydroxylamine groups is 1. The fourth-order valence-electron chi connectivity index (χ4n) is 5.89. The first-order valence-electron chi connectivity index (χ1n) is 11.6. The molecule has 5 rings (SSSR count). The van der Waals surface area contributed by atoms with Crippen LogP contribution in [0.2, 0.25) is 5.02 Å². The van der Waals surface area contributed by atoms with Crippen LogP contribution in [0.4, 0.5) is 4.39 Å². The molecule has 7 atom stereocenters. The van der Waals surface area contributed by atoms with E-state index in [1.54, 1.807) is 0 Å². The van der Waals surface area contributed by atoms with Crippen molar-refractivity contribution in [2.75, 3.05) is 6.61 Å². The zero-order valence-corrected chi connectivity index (χ0v) is 18.6. The first-order valence-corrected chi connectivity index (χ1v) is 12.0. The van der Waals surface area contributed by atoms with Crippen molar-refractivity contribution in [1.29, 1.82) is 0 Å². The van der Waals surface area contributed by atoms with Gasteiger partial charge in [-0.05, 0) is 56.1 Å². The molecule has 4 aliphatic rings. The molecule has 7 nitrogen and oxygen atoms in total. The zero-order valence-electron chi connectivity index (χ0n) is 17.8. The van der Waals surface area contributed by atoms with Gasteiger partial charge < -0.3 is 15.4 Å². The Morgan fingerprint density at radius 3 is 2.59 bits per heavy atom. The Kier molecular flexibility index (Phi) is 6.27. The van der Waals surface area contributed by atoms with Crippen LogP contribution in [0.3, 0.4) is 0 Å². The summed E-state index contributed by atoms with van der Waals surface area (Å²) in [5, 5.41) is 6.30. The Balaban J connectivity index is 1.12. The zero-order chi connectivity index (χ0) is 22.2. The van der Waals surface area contributed by atoms with Crippen molar-refractivity contribution in [3.8, 4) is 5.75 Å². The van der Waals surface area contributed by atoms with Gasteiger partial charge >= 0.3 is 0 Å². The summed E-state index contributed by atoms with van der Waals surface area (Å²) in [6.07, 6.45) is 7.27. The van der Waals surface area contributed by atoms with Crippen LogP contribution in [-0.4, -0.2) is 42.7 Å². The predicted molar refractivity (Wildman–Crippen MR) is 115 cm³/mol. The highest BCUT2D eigenvalue weighted by Crippen LogP contribution is 2.47. The third kappa shape index (κ3) is 4.32. The van der Waals surface area contributed by atoms with Crippen molar-refractivity contribution in [2.24, 2.45) is 17.8 Å². The summed E-state index contributed by atoms with van der Waals surface area (Å²) >= 11 is 5.67. The fraction of sp³-hybridized carbons (Fsp3) is 0.652. The Labute approximate surface area is 191 Å². The molecule has 0 radical (unpaired) electrons. The molecule has 3 saturated carbocycles. The third-order valence-electron chi connectivity index (χ3n) is 7.67. The summed E-state index contributed by atoms with van der Waals surface area (Å²) < 4.78 is 18.9. The highest BCUT2D eigenvalue weighted by Gasteiger charge is 2.51. The molecule has 0 aromatic heterocycles. The first-order chi connectivity index (χ1) is 15.5. The maximum Gasteiger partial charge on any atom is 0.258 e. The minimum Gasteiger partial charge on any atom is -0.484 e. The number of halogens is 2. The van der Waals surface area contributed by atoms with Crippen LogP contribution in [0, 0.1) is 23.6 Å². The SMILES string of the molecule is O=C(COc1ccc(Cl)c(F)c1)NC1C[C@H](NC(=O)C2NOC3CCCCC32)C2CCC12. The normalized spacial score (nSPS) is 35.4. The number of hydrogen-bond acceptors (Lipinski definition) is 5. The summed E-state index contributed by atoms with van der Waals surface area (Å²) in [6, 6.07) is 3.86. The maximum atomic E-state index is 13.5. The van der Waals surface area contributed by atoms with Gasteiger partial charge in [0.05, 0.1) is 11.1 Å². The molecule has 1 aliphatic heterocycles. The van der Waals surface area contributed by atoms with E-state index in [0.29, 0.717) is 18.3 Å². The second kappa shape index (κ2) is 9.15. The van der Waals surface area contributed by atoms with Crippen molar-refractivity contribution in [1.82, 2.24) is 16.1 Å². The molecule has 1 heterocycles. The summed E-state index contributed by atoms with van der Waals surface area (Å²) in [5.41, 5.74) is 2.97. The van der Waals surface area contributed by atoms with E-state index in [0.717, 1.165) is 44.6 Å². The van der Waals surface area contributed by atoms with Crippen LogP contribution in [0.15, 0.2) is 18.2 Å². The fourth-order valence-corrected chi connectivity index (χ4v) is 6.01. The molecule has 6 unspecified atom stereocenters. The van der Waals surface area contributed by atoms with Gasteiger partial charge in [0.1, 0.15) is 17.6 Å². The Bertz CT molecular complexity index is 887. The molecular formula is C23H29ClFN3O4. The molecule has 2 amide bonds. The first kappa shape index (κ1) is 21.9. The molecule has 1 aromatic rings. The van der Waals surface area contributed by atoms with E-state index >= 15 is 0 Å². The lowest BCUT2D eigenvalue weighted by atomic mass is 9.73. The summed E-state index contributed by atoms with van der Waals surface area (Å²) in [4.78, 5) is 31.1. The Morgan fingerprint density at radius 1 is 1.09 bits per heavy atom. The van der Waals surface area contributed by atoms with Crippen LogP contribution < -0.4 is 20.9 Å². The van der Waals surface area contributed by atoms with Gasteiger partial charge in [-0.15, -0.1) is 0 Å². The highest BCUT2D eigenvalue weighted by atomic mass is 35.5. The standard InChI is InChI=1S/C23H29ClFN3O4/c24-16-8-5-12(9-17(16)25)31-11-21(29)26-18-10-19(14-7-6-13(14)18)27-23(30)22-15-3-1-2-4-20(15)32-28-22/h5,8-9,13-15,18-20,22,28H,1-4,6-7,10-11H2,(H,26,29)(H,27,30)/t13?,14?,15?,18?,19-,20?,22?/m0/s1. The van der Waals surface area contributed by atoms with E-state index in [9.17, 15) is 14.0 Å². The topological polar surface area (TPSA) is 88.7 Å². The molecule has 1 aromatic carbocycles. The Morgan fingerprint density at radius 2 is 1.84 bits per heavy atom. The summed E-state index contributed by atoms with van der Waals surface area (Å²) in [7, 11) is 0. The average Bonchev–Trinajstić information content (AvgIpc) is 3.26. The van der Waals surface area contributed by atoms with E-state index in [4.69, 9.17) is 21.2 Å². The highest BCUT2D eigenvalue weighted by molar-refractivity contribution is 6.30. The largest absolute Gasteiger partial charge is 0.484 e. The van der Waals surface area contributed by atoms with Gasteiger partial charge in [-0.25, -0.2) is 4.39 Å². The van der Waals surface area contributed by atoms with Crippen molar-refractivity contribution >= 4 is 23.4 Å². The number of hydrogen-bond donors (Lipinski definition) is 3.